The Bertz CT molecular complexity index is 311. The van der Waals surface area contributed by atoms with Crippen LogP contribution in [-0.4, -0.2) is 36.0 Å². The van der Waals surface area contributed by atoms with Crippen molar-refractivity contribution in [2.24, 2.45) is 5.92 Å². The highest BCUT2D eigenvalue weighted by Gasteiger charge is 2.16. The Balaban J connectivity index is 2.05. The van der Waals surface area contributed by atoms with Gasteiger partial charge in [-0.2, -0.15) is 0 Å². The number of carboxylic acid groups (broad SMARTS) is 1. The molecule has 0 aromatic carbocycles. The van der Waals surface area contributed by atoms with Crippen LogP contribution in [0.3, 0.4) is 0 Å². The second-order valence-electron chi connectivity index (χ2n) is 4.64. The van der Waals surface area contributed by atoms with E-state index in [1.165, 1.54) is 25.7 Å². The molecule has 1 fully saturated rings. The molecule has 6 heteroatoms. The topological polar surface area (TPSA) is 95.5 Å². The van der Waals surface area contributed by atoms with E-state index < -0.39 is 18.4 Å². The van der Waals surface area contributed by atoms with Crippen LogP contribution in [0, 0.1) is 5.92 Å². The second kappa shape index (κ2) is 7.68. The van der Waals surface area contributed by atoms with E-state index in [-0.39, 0.29) is 12.5 Å². The van der Waals surface area contributed by atoms with Crippen LogP contribution in [0.4, 0.5) is 0 Å². The molecule has 102 valence electrons. The van der Waals surface area contributed by atoms with Crippen molar-refractivity contribution < 1.29 is 19.5 Å². The number of carboxylic acids is 1. The second-order valence-corrected chi connectivity index (χ2v) is 4.64. The fourth-order valence-corrected chi connectivity index (χ4v) is 2.14. The lowest BCUT2D eigenvalue weighted by Crippen LogP contribution is -2.39. The molecule has 1 aliphatic rings. The van der Waals surface area contributed by atoms with Gasteiger partial charge in [-0.3, -0.25) is 14.4 Å². The highest BCUT2D eigenvalue weighted by atomic mass is 16.4. The van der Waals surface area contributed by atoms with E-state index in [1.807, 2.05) is 0 Å². The van der Waals surface area contributed by atoms with E-state index in [0.29, 0.717) is 12.3 Å². The van der Waals surface area contributed by atoms with E-state index in [1.54, 1.807) is 0 Å². The molecule has 0 bridgehead atoms. The molecule has 3 N–H and O–H groups in total. The van der Waals surface area contributed by atoms with Gasteiger partial charge in [0.15, 0.2) is 0 Å². The van der Waals surface area contributed by atoms with Gasteiger partial charge in [-0.05, 0) is 12.3 Å². The predicted molar refractivity (Wildman–Crippen MR) is 64.8 cm³/mol. The van der Waals surface area contributed by atoms with E-state index in [0.717, 1.165) is 6.42 Å². The van der Waals surface area contributed by atoms with Gasteiger partial charge in [-0.25, -0.2) is 0 Å². The van der Waals surface area contributed by atoms with Gasteiger partial charge < -0.3 is 15.7 Å². The van der Waals surface area contributed by atoms with Gasteiger partial charge >= 0.3 is 5.97 Å². The minimum absolute atomic E-state index is 0.146. The fourth-order valence-electron chi connectivity index (χ4n) is 2.14. The Labute approximate surface area is 106 Å². The molecule has 18 heavy (non-hydrogen) atoms. The van der Waals surface area contributed by atoms with Crippen LogP contribution in [0.5, 0.6) is 0 Å². The normalized spacial score (nSPS) is 15.3. The summed E-state index contributed by atoms with van der Waals surface area (Å²) in [5, 5.41) is 13.0. The maximum absolute atomic E-state index is 11.4. The van der Waals surface area contributed by atoms with Crippen LogP contribution >= 0.6 is 0 Å². The highest BCUT2D eigenvalue weighted by Crippen LogP contribution is 2.28. The molecule has 0 radical (unpaired) electrons. The molecular weight excluding hydrogens is 236 g/mol. The van der Waals surface area contributed by atoms with Crippen molar-refractivity contribution in [3.8, 4) is 0 Å². The summed E-state index contributed by atoms with van der Waals surface area (Å²) in [7, 11) is 0. The largest absolute Gasteiger partial charge is 0.480 e. The van der Waals surface area contributed by atoms with Gasteiger partial charge in [0.2, 0.25) is 11.8 Å². The molecule has 0 aliphatic heterocycles. The van der Waals surface area contributed by atoms with Crippen LogP contribution < -0.4 is 10.6 Å². The molecule has 1 aliphatic carbocycles. The Kier molecular flexibility index (Phi) is 6.18. The van der Waals surface area contributed by atoms with Crippen LogP contribution in [-0.2, 0) is 14.4 Å². The lowest BCUT2D eigenvalue weighted by atomic mass is 10.0. The molecule has 6 nitrogen and oxygen atoms in total. The van der Waals surface area contributed by atoms with Crippen LogP contribution in [0.25, 0.3) is 0 Å². The summed E-state index contributed by atoms with van der Waals surface area (Å²) in [6.07, 6.45) is 6.23. The summed E-state index contributed by atoms with van der Waals surface area (Å²) < 4.78 is 0. The molecule has 0 aromatic heterocycles. The molecule has 0 spiro atoms. The highest BCUT2D eigenvalue weighted by molar-refractivity contribution is 5.86. The van der Waals surface area contributed by atoms with Crippen molar-refractivity contribution in [1.29, 1.82) is 0 Å². The maximum atomic E-state index is 11.4. The van der Waals surface area contributed by atoms with E-state index in [2.05, 4.69) is 10.6 Å². The average molecular weight is 256 g/mol. The Hall–Kier alpha value is -1.59. The standard InChI is InChI=1S/C12H20N2O4/c15-10(6-5-9-3-1-2-4-9)13-7-11(16)14-8-12(17)18/h9H,1-8H2,(H,13,15)(H,14,16)(H,17,18). The zero-order valence-electron chi connectivity index (χ0n) is 10.4. The Morgan fingerprint density at radius 3 is 2.22 bits per heavy atom. The molecule has 0 heterocycles. The minimum Gasteiger partial charge on any atom is -0.480 e. The summed E-state index contributed by atoms with van der Waals surface area (Å²) in [6.45, 7) is -0.576. The van der Waals surface area contributed by atoms with Crippen molar-refractivity contribution in [3.05, 3.63) is 0 Å². The number of rotatable bonds is 7. The quantitative estimate of drug-likeness (QED) is 0.609. The number of carbonyl (C=O) groups excluding carboxylic acids is 2. The number of amides is 2. The summed E-state index contributed by atoms with van der Waals surface area (Å²) in [6, 6.07) is 0. The third-order valence-corrected chi connectivity index (χ3v) is 3.14. The van der Waals surface area contributed by atoms with Crippen molar-refractivity contribution in [2.45, 2.75) is 38.5 Å². The molecular formula is C12H20N2O4. The summed E-state index contributed by atoms with van der Waals surface area (Å²) in [5.41, 5.74) is 0. The predicted octanol–water partition coefficient (Wildman–Crippen LogP) is 0.274. The number of nitrogens with one attached hydrogen (secondary N) is 2. The molecule has 0 saturated heterocycles. The van der Waals surface area contributed by atoms with Crippen molar-refractivity contribution in [1.82, 2.24) is 10.6 Å². The zero-order chi connectivity index (χ0) is 13.4. The molecule has 0 atom stereocenters. The number of hydrogen-bond donors (Lipinski definition) is 3. The van der Waals surface area contributed by atoms with Crippen molar-refractivity contribution in [2.75, 3.05) is 13.1 Å². The first-order chi connectivity index (χ1) is 8.58. The fraction of sp³-hybridized carbons (Fsp3) is 0.750. The van der Waals surface area contributed by atoms with Crippen LogP contribution in [0.2, 0.25) is 0 Å². The molecule has 1 saturated carbocycles. The van der Waals surface area contributed by atoms with Gasteiger partial charge in [-0.15, -0.1) is 0 Å². The summed E-state index contributed by atoms with van der Waals surface area (Å²) in [5.74, 6) is -1.08. The maximum Gasteiger partial charge on any atom is 0.322 e. The van der Waals surface area contributed by atoms with E-state index >= 15 is 0 Å². The Morgan fingerprint density at radius 2 is 1.61 bits per heavy atom. The third kappa shape index (κ3) is 6.22. The van der Waals surface area contributed by atoms with E-state index in [4.69, 9.17) is 5.11 Å². The minimum atomic E-state index is -1.10. The summed E-state index contributed by atoms with van der Waals surface area (Å²) >= 11 is 0. The third-order valence-electron chi connectivity index (χ3n) is 3.14. The number of hydrogen-bond acceptors (Lipinski definition) is 3. The van der Waals surface area contributed by atoms with Crippen LogP contribution in [0.15, 0.2) is 0 Å². The van der Waals surface area contributed by atoms with Gasteiger partial charge in [0.1, 0.15) is 6.54 Å². The van der Waals surface area contributed by atoms with Crippen LogP contribution in [0.1, 0.15) is 38.5 Å². The first kappa shape index (κ1) is 14.5. The van der Waals surface area contributed by atoms with Gasteiger partial charge in [0.25, 0.3) is 0 Å². The SMILES string of the molecule is O=C(O)CNC(=O)CNC(=O)CCC1CCCC1. The van der Waals surface area contributed by atoms with E-state index in [9.17, 15) is 14.4 Å². The first-order valence-electron chi connectivity index (χ1n) is 6.33. The molecule has 2 amide bonds. The molecule has 1 rings (SSSR count). The first-order valence-corrected chi connectivity index (χ1v) is 6.33. The zero-order valence-corrected chi connectivity index (χ0v) is 10.4. The van der Waals surface area contributed by atoms with Gasteiger partial charge in [0.05, 0.1) is 6.54 Å². The number of carbonyl (C=O) groups is 3. The monoisotopic (exact) mass is 256 g/mol. The average Bonchev–Trinajstić information content (AvgIpc) is 2.84. The van der Waals surface area contributed by atoms with Gasteiger partial charge in [-0.1, -0.05) is 25.7 Å². The smallest absolute Gasteiger partial charge is 0.322 e. The van der Waals surface area contributed by atoms with Crippen molar-refractivity contribution in [3.63, 3.8) is 0 Å². The molecule has 0 aromatic rings. The lowest BCUT2D eigenvalue weighted by molar-refractivity contribution is -0.137. The van der Waals surface area contributed by atoms with Crippen molar-refractivity contribution >= 4 is 17.8 Å². The lowest BCUT2D eigenvalue weighted by Gasteiger charge is -2.08. The van der Waals surface area contributed by atoms with Gasteiger partial charge in [0, 0.05) is 6.42 Å². The molecule has 0 unspecified atom stereocenters. The summed E-state index contributed by atoms with van der Waals surface area (Å²) in [4.78, 5) is 32.7. The number of aliphatic carboxylic acids is 1. The Morgan fingerprint density at radius 1 is 1.00 bits per heavy atom.